The third-order valence-electron chi connectivity index (χ3n) is 3.68. The molecule has 4 heteroatoms. The van der Waals surface area contributed by atoms with Crippen LogP contribution in [-0.2, 0) is 4.74 Å². The lowest BCUT2D eigenvalue weighted by molar-refractivity contribution is -0.831. The number of ether oxygens (including phenoxy) is 1. The number of nitrogens with one attached hydrogen (secondary N) is 1. The lowest BCUT2D eigenvalue weighted by Gasteiger charge is -2.29. The molecule has 1 heterocycles. The smallest absolute Gasteiger partial charge is 0.414 e. The summed E-state index contributed by atoms with van der Waals surface area (Å²) in [6.45, 7) is 7.40. The van der Waals surface area contributed by atoms with E-state index in [1.54, 1.807) is 0 Å². The van der Waals surface area contributed by atoms with Crippen LogP contribution in [0.15, 0.2) is 24.3 Å². The van der Waals surface area contributed by atoms with E-state index in [9.17, 15) is 4.79 Å². The quantitative estimate of drug-likeness (QED) is 0.772. The van der Waals surface area contributed by atoms with Crippen LogP contribution >= 0.6 is 0 Å². The molecule has 4 nitrogen and oxygen atoms in total. The third kappa shape index (κ3) is 3.97. The maximum absolute atomic E-state index is 12.0. The van der Waals surface area contributed by atoms with Crippen LogP contribution in [0.1, 0.15) is 45.1 Å². The molecule has 110 valence electrons. The maximum Gasteiger partial charge on any atom is 0.514 e. The molecule has 0 aliphatic carbocycles. The van der Waals surface area contributed by atoms with Crippen LogP contribution in [0.4, 0.5) is 10.5 Å². The van der Waals surface area contributed by atoms with E-state index < -0.39 is 5.60 Å². The number of hydrogen-bond donors (Lipinski definition) is 2. The number of anilines is 1. The Hall–Kier alpha value is -1.55. The van der Waals surface area contributed by atoms with Crippen molar-refractivity contribution >= 4 is 11.8 Å². The predicted molar refractivity (Wildman–Crippen MR) is 79.8 cm³/mol. The standard InChI is InChI=1S/C16H24N2O2/c1-16(2,3)20-15(19)18-10-8-13(9-11-18)12-4-6-14(17)7-5-12/h4-7,13H,8-11,17H2,1-3H3/p+1. The van der Waals surface area contributed by atoms with Crippen molar-refractivity contribution in [3.05, 3.63) is 29.8 Å². The second-order valence-corrected chi connectivity index (χ2v) is 6.55. The van der Waals surface area contributed by atoms with E-state index in [0.717, 1.165) is 36.5 Å². The van der Waals surface area contributed by atoms with Gasteiger partial charge in [0.15, 0.2) is 0 Å². The van der Waals surface area contributed by atoms with E-state index in [1.807, 2.05) is 32.9 Å². The van der Waals surface area contributed by atoms with E-state index in [0.29, 0.717) is 5.92 Å². The van der Waals surface area contributed by atoms with Crippen LogP contribution in [0, 0.1) is 0 Å². The molecule has 0 spiro atoms. The van der Waals surface area contributed by atoms with Gasteiger partial charge in [0.25, 0.3) is 0 Å². The molecule has 1 amide bonds. The number of amides is 1. The number of carbonyl (C=O) groups excluding carboxylic acids is 1. The molecular weight excluding hydrogens is 252 g/mol. The molecule has 0 bridgehead atoms. The van der Waals surface area contributed by atoms with Crippen LogP contribution in [0.25, 0.3) is 0 Å². The predicted octanol–water partition coefficient (Wildman–Crippen LogP) is 1.97. The number of piperidine rings is 1. The summed E-state index contributed by atoms with van der Waals surface area (Å²) in [7, 11) is 0. The average Bonchev–Trinajstić information content (AvgIpc) is 2.38. The summed E-state index contributed by atoms with van der Waals surface area (Å²) in [4.78, 5) is 13.0. The van der Waals surface area contributed by atoms with Gasteiger partial charge < -0.3 is 10.5 Å². The summed E-state index contributed by atoms with van der Waals surface area (Å²) in [5.74, 6) is 0.529. The normalized spacial score (nSPS) is 23.4. The Morgan fingerprint density at radius 2 is 1.75 bits per heavy atom. The van der Waals surface area contributed by atoms with Gasteiger partial charge in [-0.1, -0.05) is 12.1 Å². The van der Waals surface area contributed by atoms with Crippen molar-refractivity contribution in [3.8, 4) is 0 Å². The molecule has 20 heavy (non-hydrogen) atoms. The van der Waals surface area contributed by atoms with Crippen LogP contribution in [0.2, 0.25) is 0 Å². The van der Waals surface area contributed by atoms with Crippen molar-refractivity contribution in [2.45, 2.75) is 45.1 Å². The molecule has 0 unspecified atom stereocenters. The van der Waals surface area contributed by atoms with Gasteiger partial charge >= 0.3 is 6.09 Å². The van der Waals surface area contributed by atoms with Crippen molar-refractivity contribution in [3.63, 3.8) is 0 Å². The zero-order valence-corrected chi connectivity index (χ0v) is 12.6. The highest BCUT2D eigenvalue weighted by atomic mass is 16.6. The first-order chi connectivity index (χ1) is 9.35. The zero-order chi connectivity index (χ0) is 14.8. The summed E-state index contributed by atoms with van der Waals surface area (Å²) in [6.07, 6.45) is 1.91. The number of quaternary nitrogens is 1. The number of nitrogens with two attached hydrogens (primary N) is 1. The largest absolute Gasteiger partial charge is 0.514 e. The van der Waals surface area contributed by atoms with Crippen molar-refractivity contribution in [2.75, 3.05) is 18.8 Å². The molecule has 2 rings (SSSR count). The molecule has 0 radical (unpaired) electrons. The van der Waals surface area contributed by atoms with E-state index in [2.05, 4.69) is 12.1 Å². The molecule has 0 atom stereocenters. The van der Waals surface area contributed by atoms with Gasteiger partial charge in [0.1, 0.15) is 5.60 Å². The summed E-state index contributed by atoms with van der Waals surface area (Å²) < 4.78 is 5.44. The first kappa shape index (κ1) is 14.9. The Morgan fingerprint density at radius 1 is 1.20 bits per heavy atom. The van der Waals surface area contributed by atoms with Crippen molar-refractivity contribution in [2.24, 2.45) is 0 Å². The van der Waals surface area contributed by atoms with Gasteiger partial charge in [-0.05, 0) is 44.4 Å². The number of nitrogen functional groups attached to an aromatic ring is 1. The van der Waals surface area contributed by atoms with Gasteiger partial charge in [-0.25, -0.2) is 4.90 Å². The zero-order valence-electron chi connectivity index (χ0n) is 12.6. The maximum atomic E-state index is 12.0. The first-order valence-electron chi connectivity index (χ1n) is 7.28. The topological polar surface area (TPSA) is 56.8 Å². The number of carbonyl (C=O) groups is 1. The lowest BCUT2D eigenvalue weighted by atomic mass is 9.89. The second kappa shape index (κ2) is 5.83. The Morgan fingerprint density at radius 3 is 2.25 bits per heavy atom. The lowest BCUT2D eigenvalue weighted by Crippen LogP contribution is -3.15. The number of likely N-dealkylation sites (tertiary alicyclic amines) is 1. The molecule has 0 aromatic heterocycles. The molecule has 1 saturated heterocycles. The number of alkyl carbamates (subject to hydrolysis) is 2. The average molecular weight is 277 g/mol. The Kier molecular flexibility index (Phi) is 4.33. The molecule has 1 aromatic rings. The number of hydrogen-bond acceptors (Lipinski definition) is 3. The van der Waals surface area contributed by atoms with E-state index in [4.69, 9.17) is 10.5 Å². The van der Waals surface area contributed by atoms with Crippen LogP contribution in [0.5, 0.6) is 0 Å². The fourth-order valence-corrected chi connectivity index (χ4v) is 2.62. The second-order valence-electron chi connectivity index (χ2n) is 6.55. The van der Waals surface area contributed by atoms with Crippen LogP contribution < -0.4 is 10.6 Å². The SMILES string of the molecule is CC(C)(C)OC(=O)[NH+]1CCC(c2ccc(N)cc2)CC1. The molecule has 3 N–H and O–H groups in total. The molecule has 1 fully saturated rings. The summed E-state index contributed by atoms with van der Waals surface area (Å²) in [5, 5.41) is 0. The highest BCUT2D eigenvalue weighted by molar-refractivity contribution is 5.57. The monoisotopic (exact) mass is 277 g/mol. The van der Waals surface area contributed by atoms with E-state index in [-0.39, 0.29) is 6.09 Å². The fourth-order valence-electron chi connectivity index (χ4n) is 2.62. The van der Waals surface area contributed by atoms with Gasteiger partial charge in [0.2, 0.25) is 0 Å². The number of rotatable bonds is 1. The molecule has 0 saturated carbocycles. The molecule has 1 aliphatic heterocycles. The van der Waals surface area contributed by atoms with Crippen LogP contribution in [-0.4, -0.2) is 24.8 Å². The third-order valence-corrected chi connectivity index (χ3v) is 3.68. The van der Waals surface area contributed by atoms with Gasteiger partial charge in [-0.2, -0.15) is 4.79 Å². The highest BCUT2D eigenvalue weighted by Gasteiger charge is 2.31. The molecule has 1 aromatic carbocycles. The summed E-state index contributed by atoms with van der Waals surface area (Å²) in [5.41, 5.74) is 7.43. The minimum atomic E-state index is -0.405. The van der Waals surface area contributed by atoms with E-state index in [1.165, 1.54) is 5.56 Å². The van der Waals surface area contributed by atoms with Crippen LogP contribution in [0.3, 0.4) is 0 Å². The number of benzene rings is 1. The van der Waals surface area contributed by atoms with Crippen molar-refractivity contribution in [1.29, 1.82) is 0 Å². The minimum Gasteiger partial charge on any atom is -0.414 e. The molecule has 1 aliphatic rings. The van der Waals surface area contributed by atoms with Crippen molar-refractivity contribution in [1.82, 2.24) is 0 Å². The Balaban J connectivity index is 1.89. The van der Waals surface area contributed by atoms with E-state index >= 15 is 0 Å². The Bertz CT molecular complexity index is 454. The van der Waals surface area contributed by atoms with Gasteiger partial charge in [0, 0.05) is 18.5 Å². The minimum absolute atomic E-state index is 0.117. The van der Waals surface area contributed by atoms with Crippen molar-refractivity contribution < 1.29 is 14.4 Å². The van der Waals surface area contributed by atoms with Gasteiger partial charge in [-0.15, -0.1) is 0 Å². The first-order valence-corrected chi connectivity index (χ1v) is 7.28. The summed E-state index contributed by atoms with van der Waals surface area (Å²) in [6, 6.07) is 8.09. The van der Waals surface area contributed by atoms with Gasteiger partial charge in [0.05, 0.1) is 13.1 Å². The fraction of sp³-hybridized carbons (Fsp3) is 0.562. The van der Waals surface area contributed by atoms with Gasteiger partial charge in [-0.3, -0.25) is 0 Å². The highest BCUT2D eigenvalue weighted by Crippen LogP contribution is 2.24. The molecular formula is C16H25N2O2+. The Labute approximate surface area is 120 Å². The summed E-state index contributed by atoms with van der Waals surface area (Å²) >= 11 is 0.